The predicted octanol–water partition coefficient (Wildman–Crippen LogP) is 1.44. The summed E-state index contributed by atoms with van der Waals surface area (Å²) in [6.45, 7) is 7.35. The second-order valence-corrected chi connectivity index (χ2v) is 7.42. The smallest absolute Gasteiger partial charge is 0.225 e. The first kappa shape index (κ1) is 19.8. The maximum atomic E-state index is 11.9. The average Bonchev–Trinajstić information content (AvgIpc) is 2.59. The maximum absolute atomic E-state index is 11.9. The van der Waals surface area contributed by atoms with E-state index in [0.29, 0.717) is 32.0 Å². The van der Waals surface area contributed by atoms with Gasteiger partial charge in [-0.1, -0.05) is 39.0 Å². The third kappa shape index (κ3) is 5.47. The van der Waals surface area contributed by atoms with Crippen molar-refractivity contribution in [1.82, 2.24) is 16.0 Å². The van der Waals surface area contributed by atoms with Gasteiger partial charge in [0.25, 0.3) is 0 Å². The van der Waals surface area contributed by atoms with Crippen molar-refractivity contribution in [3.8, 4) is 0 Å². The molecule has 142 valence electrons. The van der Waals surface area contributed by atoms with Crippen LogP contribution in [0, 0.1) is 5.41 Å². The normalized spacial score (nSPS) is 17.2. The summed E-state index contributed by atoms with van der Waals surface area (Å²) in [5, 5.41) is 12.2. The fourth-order valence-corrected chi connectivity index (χ4v) is 2.75. The Hall–Kier alpha value is -2.57. The van der Waals surface area contributed by atoms with Crippen LogP contribution >= 0.6 is 0 Å². The molecule has 1 aliphatic rings. The zero-order chi connectivity index (χ0) is 19.2. The molecule has 4 N–H and O–H groups in total. The molecular weight excluding hydrogens is 330 g/mol. The third-order valence-electron chi connectivity index (χ3n) is 4.23. The van der Waals surface area contributed by atoms with Crippen molar-refractivity contribution in [2.75, 3.05) is 32.0 Å². The summed E-state index contributed by atoms with van der Waals surface area (Å²) in [4.78, 5) is 27.9. The lowest BCUT2D eigenvalue weighted by atomic mass is 9.90. The number of carbonyl (C=O) groups excluding carboxylic acids is 2. The van der Waals surface area contributed by atoms with Crippen LogP contribution in [0.15, 0.2) is 29.3 Å². The highest BCUT2D eigenvalue weighted by Crippen LogP contribution is 2.31. The molecule has 0 aromatic heterocycles. The number of nitrogens with zero attached hydrogens (tertiary/aromatic N) is 1. The lowest BCUT2D eigenvalue weighted by molar-refractivity contribution is -0.128. The van der Waals surface area contributed by atoms with Gasteiger partial charge >= 0.3 is 0 Å². The van der Waals surface area contributed by atoms with Gasteiger partial charge in [-0.05, 0) is 11.6 Å². The van der Waals surface area contributed by atoms with E-state index in [-0.39, 0.29) is 17.7 Å². The van der Waals surface area contributed by atoms with Crippen LogP contribution in [0.25, 0.3) is 0 Å². The molecule has 1 aliphatic heterocycles. The van der Waals surface area contributed by atoms with Crippen molar-refractivity contribution >= 4 is 23.5 Å². The summed E-state index contributed by atoms with van der Waals surface area (Å²) in [5.74, 6) is 0.799. The van der Waals surface area contributed by atoms with Crippen LogP contribution < -0.4 is 21.3 Å². The number of para-hydroxylation sites is 1. The van der Waals surface area contributed by atoms with Crippen LogP contribution in [0.5, 0.6) is 0 Å². The van der Waals surface area contributed by atoms with Crippen LogP contribution in [0.3, 0.4) is 0 Å². The molecule has 2 amide bonds. The lowest BCUT2D eigenvalue weighted by Gasteiger charge is -2.26. The molecule has 1 atom stereocenters. The van der Waals surface area contributed by atoms with Gasteiger partial charge in [-0.25, -0.2) is 0 Å². The molecular formula is C19H29N5O2. The minimum Gasteiger partial charge on any atom is -0.356 e. The van der Waals surface area contributed by atoms with Crippen LogP contribution in [0.2, 0.25) is 0 Å². The van der Waals surface area contributed by atoms with Gasteiger partial charge in [-0.15, -0.1) is 0 Å². The van der Waals surface area contributed by atoms with Crippen molar-refractivity contribution < 1.29 is 9.59 Å². The van der Waals surface area contributed by atoms with Crippen molar-refractivity contribution in [1.29, 1.82) is 0 Å². The molecule has 7 nitrogen and oxygen atoms in total. The summed E-state index contributed by atoms with van der Waals surface area (Å²) >= 11 is 0. The Labute approximate surface area is 155 Å². The van der Waals surface area contributed by atoms with Crippen molar-refractivity contribution in [3.63, 3.8) is 0 Å². The Morgan fingerprint density at radius 2 is 1.88 bits per heavy atom. The van der Waals surface area contributed by atoms with E-state index in [4.69, 9.17) is 0 Å². The van der Waals surface area contributed by atoms with E-state index >= 15 is 0 Å². The molecule has 0 saturated carbocycles. The number of rotatable bonds is 5. The fraction of sp³-hybridized carbons (Fsp3) is 0.526. The third-order valence-corrected chi connectivity index (χ3v) is 4.23. The molecule has 1 heterocycles. The molecule has 1 unspecified atom stereocenters. The Kier molecular flexibility index (Phi) is 6.60. The number of benzene rings is 1. The van der Waals surface area contributed by atoms with E-state index in [9.17, 15) is 9.59 Å². The van der Waals surface area contributed by atoms with Gasteiger partial charge in [0.05, 0.1) is 0 Å². The van der Waals surface area contributed by atoms with Gasteiger partial charge in [-0.3, -0.25) is 14.6 Å². The number of fused-ring (bicyclic) bond motifs is 1. The first-order chi connectivity index (χ1) is 12.3. The van der Waals surface area contributed by atoms with Crippen molar-refractivity contribution in [2.45, 2.75) is 33.1 Å². The lowest BCUT2D eigenvalue weighted by Crippen LogP contribution is -2.44. The first-order valence-corrected chi connectivity index (χ1v) is 8.93. The van der Waals surface area contributed by atoms with E-state index < -0.39 is 5.41 Å². The van der Waals surface area contributed by atoms with Gasteiger partial charge < -0.3 is 21.3 Å². The van der Waals surface area contributed by atoms with Crippen molar-refractivity contribution in [2.24, 2.45) is 10.4 Å². The number of anilines is 1. The summed E-state index contributed by atoms with van der Waals surface area (Å²) < 4.78 is 0. The van der Waals surface area contributed by atoms with E-state index in [0.717, 1.165) is 11.3 Å². The highest BCUT2D eigenvalue weighted by atomic mass is 16.2. The number of hydrogen-bond donors (Lipinski definition) is 4. The summed E-state index contributed by atoms with van der Waals surface area (Å²) in [7, 11) is 1.70. The largest absolute Gasteiger partial charge is 0.356 e. The molecule has 1 aromatic rings. The predicted molar refractivity (Wildman–Crippen MR) is 104 cm³/mol. The number of amides is 2. The number of carbonyl (C=O) groups is 2. The van der Waals surface area contributed by atoms with E-state index in [1.54, 1.807) is 7.05 Å². The van der Waals surface area contributed by atoms with Crippen LogP contribution in [0.4, 0.5) is 5.69 Å². The van der Waals surface area contributed by atoms with E-state index in [2.05, 4.69) is 26.3 Å². The van der Waals surface area contributed by atoms with Gasteiger partial charge in [0.2, 0.25) is 11.8 Å². The van der Waals surface area contributed by atoms with E-state index in [1.165, 1.54) is 0 Å². The summed E-state index contributed by atoms with van der Waals surface area (Å²) in [6, 6.07) is 7.86. The zero-order valence-electron chi connectivity index (χ0n) is 16.0. The monoisotopic (exact) mass is 359 g/mol. The topological polar surface area (TPSA) is 94.6 Å². The molecule has 0 aliphatic carbocycles. The summed E-state index contributed by atoms with van der Waals surface area (Å²) in [6.07, 6.45) is 0.447. The number of guanidine groups is 1. The van der Waals surface area contributed by atoms with Crippen LogP contribution in [-0.2, 0) is 9.59 Å². The molecule has 0 bridgehead atoms. The summed E-state index contributed by atoms with van der Waals surface area (Å²) in [5.41, 5.74) is 1.62. The Morgan fingerprint density at radius 1 is 1.19 bits per heavy atom. The second-order valence-electron chi connectivity index (χ2n) is 7.42. The number of hydrogen-bond acceptors (Lipinski definition) is 3. The minimum atomic E-state index is -0.394. The van der Waals surface area contributed by atoms with Crippen LogP contribution in [0.1, 0.15) is 38.7 Å². The molecule has 1 aromatic carbocycles. The number of nitrogens with one attached hydrogen (secondary N) is 4. The Balaban J connectivity index is 1.81. The Bertz CT molecular complexity index is 679. The molecule has 0 spiro atoms. The van der Waals surface area contributed by atoms with E-state index in [1.807, 2.05) is 45.0 Å². The molecule has 7 heteroatoms. The highest BCUT2D eigenvalue weighted by molar-refractivity contribution is 5.94. The Morgan fingerprint density at radius 3 is 2.58 bits per heavy atom. The fourth-order valence-electron chi connectivity index (χ4n) is 2.75. The highest BCUT2D eigenvalue weighted by Gasteiger charge is 2.24. The molecule has 0 fully saturated rings. The van der Waals surface area contributed by atoms with Gasteiger partial charge in [-0.2, -0.15) is 0 Å². The zero-order valence-corrected chi connectivity index (χ0v) is 16.0. The molecule has 0 saturated heterocycles. The van der Waals surface area contributed by atoms with Crippen LogP contribution in [-0.4, -0.2) is 44.5 Å². The minimum absolute atomic E-state index is 0.0204. The molecule has 26 heavy (non-hydrogen) atoms. The quantitative estimate of drug-likeness (QED) is 0.363. The molecule has 0 radical (unpaired) electrons. The van der Waals surface area contributed by atoms with Crippen molar-refractivity contribution in [3.05, 3.63) is 29.8 Å². The standard InChI is InChI=1S/C19H29N5O2/c1-19(2,3)17(26)21-9-10-22-18(20-4)23-12-13-11-16(25)24-15-8-6-5-7-14(13)15/h5-8,13H,9-12H2,1-4H3,(H,21,26)(H,24,25)(H2,20,22,23). The SMILES string of the molecule is CN=C(NCCNC(=O)C(C)(C)C)NCC1CC(=O)Nc2ccccc21. The molecule has 2 rings (SSSR count). The average molecular weight is 359 g/mol. The van der Waals surface area contributed by atoms with Gasteiger partial charge in [0.15, 0.2) is 5.96 Å². The van der Waals surface area contributed by atoms with Gasteiger partial charge in [0, 0.05) is 50.1 Å². The first-order valence-electron chi connectivity index (χ1n) is 8.93. The second kappa shape index (κ2) is 8.69. The number of aliphatic imine (C=N–C) groups is 1. The van der Waals surface area contributed by atoms with Gasteiger partial charge in [0.1, 0.15) is 0 Å². The maximum Gasteiger partial charge on any atom is 0.225 e.